The number of furan rings is 1. The van der Waals surface area contributed by atoms with Gasteiger partial charge in [-0.3, -0.25) is 0 Å². The summed E-state index contributed by atoms with van der Waals surface area (Å²) in [5.41, 5.74) is 0.512. The molecular weight excluding hydrogens is 345 g/mol. The zero-order chi connectivity index (χ0) is 18.7. The SMILES string of the molecule is COCc1oc(-c2ccc(C(F)(F)F)cc2)cc1C(O)C1CCCCC1. The van der Waals surface area contributed by atoms with E-state index in [9.17, 15) is 18.3 Å². The Morgan fingerprint density at radius 1 is 1.15 bits per heavy atom. The molecule has 0 aliphatic heterocycles. The van der Waals surface area contributed by atoms with Crippen LogP contribution < -0.4 is 0 Å². The van der Waals surface area contributed by atoms with Gasteiger partial charge in [0.15, 0.2) is 0 Å². The minimum atomic E-state index is -4.37. The molecule has 0 saturated heterocycles. The second-order valence-corrected chi connectivity index (χ2v) is 6.84. The molecule has 1 aliphatic rings. The van der Waals surface area contributed by atoms with Crippen LogP contribution in [0.1, 0.15) is 55.1 Å². The number of hydrogen-bond acceptors (Lipinski definition) is 3. The zero-order valence-electron chi connectivity index (χ0n) is 14.7. The van der Waals surface area contributed by atoms with Gasteiger partial charge in [-0.1, -0.05) is 31.4 Å². The quantitative estimate of drug-likeness (QED) is 0.733. The number of hydrogen-bond donors (Lipinski definition) is 1. The van der Waals surface area contributed by atoms with Crippen LogP contribution in [0.5, 0.6) is 0 Å². The van der Waals surface area contributed by atoms with Crippen LogP contribution in [0.15, 0.2) is 34.7 Å². The van der Waals surface area contributed by atoms with Gasteiger partial charge in [0.1, 0.15) is 18.1 Å². The van der Waals surface area contributed by atoms with E-state index in [0.29, 0.717) is 22.6 Å². The van der Waals surface area contributed by atoms with Crippen molar-refractivity contribution < 1.29 is 27.4 Å². The number of ether oxygens (including phenoxy) is 1. The van der Waals surface area contributed by atoms with E-state index in [-0.39, 0.29) is 12.5 Å². The summed E-state index contributed by atoms with van der Waals surface area (Å²) in [6.07, 6.45) is 0.313. The van der Waals surface area contributed by atoms with Gasteiger partial charge in [0.2, 0.25) is 0 Å². The lowest BCUT2D eigenvalue weighted by molar-refractivity contribution is -0.137. The summed E-state index contributed by atoms with van der Waals surface area (Å²) in [6, 6.07) is 6.57. The summed E-state index contributed by atoms with van der Waals surface area (Å²) in [4.78, 5) is 0. The van der Waals surface area contributed by atoms with Crippen molar-refractivity contribution in [2.45, 2.75) is 51.0 Å². The minimum Gasteiger partial charge on any atom is -0.458 e. The second kappa shape index (κ2) is 7.84. The number of methoxy groups -OCH3 is 1. The van der Waals surface area contributed by atoms with E-state index in [1.165, 1.54) is 25.7 Å². The number of halogens is 3. The van der Waals surface area contributed by atoms with Crippen molar-refractivity contribution in [3.63, 3.8) is 0 Å². The molecule has 1 fully saturated rings. The molecule has 1 N–H and O–H groups in total. The molecule has 0 bridgehead atoms. The lowest BCUT2D eigenvalue weighted by Crippen LogP contribution is -2.16. The summed E-state index contributed by atoms with van der Waals surface area (Å²) >= 11 is 0. The molecule has 1 heterocycles. The number of aliphatic hydroxyl groups is 1. The Hall–Kier alpha value is -1.79. The average molecular weight is 368 g/mol. The molecule has 1 saturated carbocycles. The number of rotatable bonds is 5. The van der Waals surface area contributed by atoms with Gasteiger partial charge in [-0.15, -0.1) is 0 Å². The summed E-state index contributed by atoms with van der Waals surface area (Å²) in [5, 5.41) is 10.8. The Bertz CT molecular complexity index is 713. The maximum atomic E-state index is 12.7. The molecule has 0 radical (unpaired) electrons. The standard InChI is InChI=1S/C20H23F3O3/c1-25-12-18-16(19(24)14-5-3-2-4-6-14)11-17(26-18)13-7-9-15(10-8-13)20(21,22)23/h7-11,14,19,24H,2-6,12H2,1H3. The van der Waals surface area contributed by atoms with Gasteiger partial charge in [0.05, 0.1) is 11.7 Å². The van der Waals surface area contributed by atoms with Gasteiger partial charge in [-0.2, -0.15) is 13.2 Å². The maximum Gasteiger partial charge on any atom is 0.416 e. The lowest BCUT2D eigenvalue weighted by Gasteiger charge is -2.26. The summed E-state index contributed by atoms with van der Waals surface area (Å²) < 4.78 is 49.2. The molecule has 1 aromatic heterocycles. The Labute approximate surface area is 150 Å². The Kier molecular flexibility index (Phi) is 5.73. The largest absolute Gasteiger partial charge is 0.458 e. The van der Waals surface area contributed by atoms with Gasteiger partial charge in [0, 0.05) is 18.2 Å². The van der Waals surface area contributed by atoms with Crippen LogP contribution in [0.25, 0.3) is 11.3 Å². The molecule has 1 atom stereocenters. The van der Waals surface area contributed by atoms with E-state index in [2.05, 4.69) is 0 Å². The van der Waals surface area contributed by atoms with Crippen molar-refractivity contribution in [2.24, 2.45) is 5.92 Å². The smallest absolute Gasteiger partial charge is 0.416 e. The molecule has 2 aromatic rings. The highest BCUT2D eigenvalue weighted by atomic mass is 19.4. The van der Waals surface area contributed by atoms with E-state index >= 15 is 0 Å². The predicted octanol–water partition coefficient (Wildman–Crippen LogP) is 5.73. The third-order valence-electron chi connectivity index (χ3n) is 5.03. The average Bonchev–Trinajstić information content (AvgIpc) is 3.05. The van der Waals surface area contributed by atoms with Gasteiger partial charge in [0.25, 0.3) is 0 Å². The van der Waals surface area contributed by atoms with E-state index in [4.69, 9.17) is 9.15 Å². The number of benzene rings is 1. The van der Waals surface area contributed by atoms with Crippen molar-refractivity contribution in [2.75, 3.05) is 7.11 Å². The highest BCUT2D eigenvalue weighted by Crippen LogP contribution is 2.39. The highest BCUT2D eigenvalue weighted by molar-refractivity contribution is 5.59. The Balaban J connectivity index is 1.88. The van der Waals surface area contributed by atoms with E-state index < -0.39 is 17.8 Å². The Morgan fingerprint density at radius 2 is 1.81 bits per heavy atom. The van der Waals surface area contributed by atoms with Gasteiger partial charge < -0.3 is 14.3 Å². The first-order valence-electron chi connectivity index (χ1n) is 8.87. The number of alkyl halides is 3. The highest BCUT2D eigenvalue weighted by Gasteiger charge is 2.31. The first-order chi connectivity index (χ1) is 12.4. The van der Waals surface area contributed by atoms with Crippen LogP contribution in [0, 0.1) is 5.92 Å². The van der Waals surface area contributed by atoms with Crippen molar-refractivity contribution in [3.8, 4) is 11.3 Å². The molecule has 0 spiro atoms. The topological polar surface area (TPSA) is 42.6 Å². The Morgan fingerprint density at radius 3 is 2.38 bits per heavy atom. The van der Waals surface area contributed by atoms with Crippen LogP contribution in [0.4, 0.5) is 13.2 Å². The van der Waals surface area contributed by atoms with E-state index in [0.717, 1.165) is 37.8 Å². The fourth-order valence-electron chi connectivity index (χ4n) is 3.61. The first kappa shape index (κ1) is 19.0. The zero-order valence-corrected chi connectivity index (χ0v) is 14.7. The number of aliphatic hydroxyl groups excluding tert-OH is 1. The molecule has 1 aliphatic carbocycles. The van der Waals surface area contributed by atoms with Crippen LogP contribution in [0.3, 0.4) is 0 Å². The normalized spacial score (nSPS) is 17.4. The monoisotopic (exact) mass is 368 g/mol. The van der Waals surface area contributed by atoms with Crippen molar-refractivity contribution in [3.05, 3.63) is 47.2 Å². The van der Waals surface area contributed by atoms with Crippen LogP contribution in [-0.2, 0) is 17.5 Å². The van der Waals surface area contributed by atoms with Crippen molar-refractivity contribution in [1.82, 2.24) is 0 Å². The lowest BCUT2D eigenvalue weighted by atomic mass is 9.82. The third-order valence-corrected chi connectivity index (χ3v) is 5.03. The molecule has 3 rings (SSSR count). The molecule has 26 heavy (non-hydrogen) atoms. The summed E-state index contributed by atoms with van der Waals surface area (Å²) in [7, 11) is 1.54. The second-order valence-electron chi connectivity index (χ2n) is 6.84. The fourth-order valence-corrected chi connectivity index (χ4v) is 3.61. The minimum absolute atomic E-state index is 0.178. The fraction of sp³-hybridized carbons (Fsp3) is 0.500. The van der Waals surface area contributed by atoms with Crippen LogP contribution in [-0.4, -0.2) is 12.2 Å². The molecule has 0 amide bonds. The summed E-state index contributed by atoms with van der Waals surface area (Å²) in [6.45, 7) is 0.208. The molecule has 6 heteroatoms. The summed E-state index contributed by atoms with van der Waals surface area (Å²) in [5.74, 6) is 1.15. The van der Waals surface area contributed by atoms with E-state index in [1.807, 2.05) is 0 Å². The van der Waals surface area contributed by atoms with Crippen LogP contribution >= 0.6 is 0 Å². The third kappa shape index (κ3) is 4.13. The molecule has 1 unspecified atom stereocenters. The van der Waals surface area contributed by atoms with Crippen molar-refractivity contribution in [1.29, 1.82) is 0 Å². The van der Waals surface area contributed by atoms with Gasteiger partial charge in [-0.05, 0) is 37.0 Å². The first-order valence-corrected chi connectivity index (χ1v) is 8.87. The van der Waals surface area contributed by atoms with Gasteiger partial charge in [-0.25, -0.2) is 0 Å². The van der Waals surface area contributed by atoms with Crippen LogP contribution in [0.2, 0.25) is 0 Å². The van der Waals surface area contributed by atoms with E-state index in [1.54, 1.807) is 6.07 Å². The molecule has 142 valence electrons. The molecule has 1 aromatic carbocycles. The maximum absolute atomic E-state index is 12.7. The molecule has 3 nitrogen and oxygen atoms in total. The van der Waals surface area contributed by atoms with Gasteiger partial charge >= 0.3 is 6.18 Å². The van der Waals surface area contributed by atoms with Crippen molar-refractivity contribution >= 4 is 0 Å². The predicted molar refractivity (Wildman–Crippen MR) is 91.4 cm³/mol. The molecular formula is C20H23F3O3.